The Bertz CT molecular complexity index is 1160. The smallest absolute Gasteiger partial charge is 0.331 e. The quantitative estimate of drug-likeness (QED) is 0.0664. The van der Waals surface area contributed by atoms with Gasteiger partial charge >= 0.3 is 5.97 Å². The van der Waals surface area contributed by atoms with Gasteiger partial charge in [-0.2, -0.15) is 10.6 Å². The SMILES string of the molecule is CCCCC1(CCCC)CNc2cc(SC)c(O/C=C/C(=O)O)cc2S(O)(O)C1c1ccc([N+](=O)[O-])cc1. The third-order valence-electron chi connectivity index (χ3n) is 6.97. The van der Waals surface area contributed by atoms with Crippen LogP contribution in [-0.4, -0.2) is 37.9 Å². The van der Waals surface area contributed by atoms with E-state index in [4.69, 9.17) is 9.84 Å². The number of nitrogens with zero attached hydrogens (tertiary/aromatic N) is 1. The van der Waals surface area contributed by atoms with Gasteiger partial charge in [-0.05, 0) is 30.7 Å². The Kier molecular flexibility index (Phi) is 10.1. The number of fused-ring (bicyclic) bond motifs is 1. The van der Waals surface area contributed by atoms with Crippen molar-refractivity contribution in [2.75, 3.05) is 18.1 Å². The number of aliphatic carboxylic acids is 1. The minimum absolute atomic E-state index is 0.0596. The van der Waals surface area contributed by atoms with Gasteiger partial charge in [-0.3, -0.25) is 19.2 Å². The van der Waals surface area contributed by atoms with Crippen LogP contribution in [0.2, 0.25) is 0 Å². The molecule has 0 aromatic heterocycles. The Morgan fingerprint density at radius 2 is 1.84 bits per heavy atom. The molecule has 4 N–H and O–H groups in total. The van der Waals surface area contributed by atoms with Crippen LogP contribution in [0, 0.1) is 15.5 Å². The second kappa shape index (κ2) is 12.9. The first-order chi connectivity index (χ1) is 18.1. The molecule has 2 aromatic carbocycles. The lowest BCUT2D eigenvalue weighted by Crippen LogP contribution is -2.37. The van der Waals surface area contributed by atoms with Crippen molar-refractivity contribution in [3.8, 4) is 5.75 Å². The molecule has 1 heterocycles. The van der Waals surface area contributed by atoms with Crippen molar-refractivity contribution >= 4 is 39.7 Å². The van der Waals surface area contributed by atoms with E-state index in [2.05, 4.69) is 19.2 Å². The number of thioether (sulfide) groups is 1. The first-order valence-corrected chi connectivity index (χ1v) is 15.5. The number of carboxylic acid groups (broad SMARTS) is 1. The van der Waals surface area contributed by atoms with Gasteiger partial charge in [0.1, 0.15) is 5.75 Å². The second-order valence-electron chi connectivity index (χ2n) is 9.50. The number of non-ortho nitro benzene ring substituents is 1. The minimum Gasteiger partial charge on any atom is -0.478 e. The van der Waals surface area contributed by atoms with Crippen LogP contribution in [0.15, 0.2) is 58.5 Å². The summed E-state index contributed by atoms with van der Waals surface area (Å²) in [5.74, 6) is -0.848. The number of nitro benzene ring substituents is 1. The predicted octanol–water partition coefficient (Wildman–Crippen LogP) is 7.94. The summed E-state index contributed by atoms with van der Waals surface area (Å²) in [6.45, 7) is 4.71. The van der Waals surface area contributed by atoms with Crippen LogP contribution in [0.4, 0.5) is 11.4 Å². The summed E-state index contributed by atoms with van der Waals surface area (Å²) < 4.78 is 29.9. The first-order valence-electron chi connectivity index (χ1n) is 12.6. The largest absolute Gasteiger partial charge is 0.478 e. The van der Waals surface area contributed by atoms with Crippen molar-refractivity contribution in [2.24, 2.45) is 5.41 Å². The molecule has 0 saturated carbocycles. The number of carboxylic acids is 1. The Morgan fingerprint density at radius 1 is 1.21 bits per heavy atom. The monoisotopic (exact) mass is 564 g/mol. The first kappa shape index (κ1) is 29.8. The highest BCUT2D eigenvalue weighted by atomic mass is 32.3. The highest BCUT2D eigenvalue weighted by Gasteiger charge is 2.49. The molecule has 0 bridgehead atoms. The third-order valence-corrected chi connectivity index (χ3v) is 10.1. The number of carbonyl (C=O) groups is 1. The number of hydrogen-bond donors (Lipinski definition) is 4. The number of unbranched alkanes of at least 4 members (excludes halogenated alkanes) is 2. The van der Waals surface area contributed by atoms with Gasteiger partial charge in [0.05, 0.1) is 38.0 Å². The summed E-state index contributed by atoms with van der Waals surface area (Å²) in [6.07, 6.45) is 8.96. The van der Waals surface area contributed by atoms with Crippen molar-refractivity contribution in [3.05, 3.63) is 64.4 Å². The molecule has 0 radical (unpaired) electrons. The zero-order valence-electron chi connectivity index (χ0n) is 21.9. The number of anilines is 1. The molecule has 0 amide bonds. The summed E-state index contributed by atoms with van der Waals surface area (Å²) in [6, 6.07) is 9.48. The fourth-order valence-electron chi connectivity index (χ4n) is 5.12. The van der Waals surface area contributed by atoms with Gasteiger partial charge in [-0.15, -0.1) is 11.8 Å². The van der Waals surface area contributed by atoms with Crippen molar-refractivity contribution in [3.63, 3.8) is 0 Å². The van der Waals surface area contributed by atoms with Gasteiger partial charge in [-0.1, -0.05) is 51.7 Å². The molecule has 1 aliphatic rings. The van der Waals surface area contributed by atoms with E-state index in [0.29, 0.717) is 28.4 Å². The van der Waals surface area contributed by atoms with E-state index < -0.39 is 32.1 Å². The van der Waals surface area contributed by atoms with Crippen LogP contribution in [-0.2, 0) is 4.79 Å². The summed E-state index contributed by atoms with van der Waals surface area (Å²) in [5.41, 5.74) is 0.643. The number of hydrogen-bond acceptors (Lipinski definition) is 8. The van der Waals surface area contributed by atoms with E-state index in [9.17, 15) is 24.0 Å². The lowest BCUT2D eigenvalue weighted by molar-refractivity contribution is -0.384. The molecule has 1 unspecified atom stereocenters. The Hall–Kier alpha value is -2.73. The molecule has 208 valence electrons. The topological polar surface area (TPSA) is 142 Å². The van der Waals surface area contributed by atoms with E-state index in [-0.39, 0.29) is 10.6 Å². The van der Waals surface area contributed by atoms with Crippen molar-refractivity contribution < 1.29 is 28.7 Å². The molecular formula is C27H36N2O7S2. The molecule has 11 heteroatoms. The van der Waals surface area contributed by atoms with Crippen LogP contribution >= 0.6 is 22.4 Å². The van der Waals surface area contributed by atoms with Gasteiger partial charge in [0, 0.05) is 30.2 Å². The molecule has 9 nitrogen and oxygen atoms in total. The Morgan fingerprint density at radius 3 is 2.37 bits per heavy atom. The summed E-state index contributed by atoms with van der Waals surface area (Å²) in [4.78, 5) is 22.8. The highest BCUT2D eigenvalue weighted by molar-refractivity contribution is 8.24. The maximum Gasteiger partial charge on any atom is 0.331 e. The molecule has 38 heavy (non-hydrogen) atoms. The molecule has 3 rings (SSSR count). The second-order valence-corrected chi connectivity index (χ2v) is 12.4. The average Bonchev–Trinajstić information content (AvgIpc) is 2.97. The number of nitro groups is 1. The number of ether oxygens (including phenoxy) is 1. The van der Waals surface area contributed by atoms with Crippen LogP contribution < -0.4 is 10.1 Å². The molecule has 0 saturated heterocycles. The average molecular weight is 565 g/mol. The lowest BCUT2D eigenvalue weighted by Gasteiger charge is -2.50. The van der Waals surface area contributed by atoms with E-state index in [1.54, 1.807) is 24.3 Å². The zero-order chi connectivity index (χ0) is 27.9. The molecule has 0 aliphatic carbocycles. The van der Waals surface area contributed by atoms with Crippen LogP contribution in [0.3, 0.4) is 0 Å². The summed E-state index contributed by atoms with van der Waals surface area (Å²) in [5, 5.41) is 23.0. The van der Waals surface area contributed by atoms with E-state index >= 15 is 0 Å². The molecule has 2 aromatic rings. The van der Waals surface area contributed by atoms with Gasteiger partial charge in [0.25, 0.3) is 5.69 Å². The van der Waals surface area contributed by atoms with Crippen molar-refractivity contribution in [1.82, 2.24) is 0 Å². The summed E-state index contributed by atoms with van der Waals surface area (Å²) >= 11 is 1.40. The van der Waals surface area contributed by atoms with Crippen LogP contribution in [0.25, 0.3) is 0 Å². The summed E-state index contributed by atoms with van der Waals surface area (Å²) in [7, 11) is -3.52. The normalized spacial score (nSPS) is 18.7. The highest BCUT2D eigenvalue weighted by Crippen LogP contribution is 2.71. The van der Waals surface area contributed by atoms with Gasteiger partial charge in [0.2, 0.25) is 0 Å². The number of rotatable bonds is 12. The standard InChI is InChI=1S/C27H36N2O7S2/c1-4-6-13-27(14-7-5-2)18-28-21-16-23(37-3)22(36-15-12-25(30)31)17-24(21)38(34,35)26(27)19-8-10-20(11-9-19)29(32)33/h8-12,15-17,26,28,34-35H,4-7,13-14,18H2,1-3H3,(H,30,31)/b15-12+. The number of benzene rings is 2. The van der Waals surface area contributed by atoms with Crippen molar-refractivity contribution in [2.45, 2.75) is 67.4 Å². The number of nitrogens with one attached hydrogen (secondary N) is 1. The van der Waals surface area contributed by atoms with E-state index in [1.807, 2.05) is 6.26 Å². The molecule has 1 atom stereocenters. The van der Waals surface area contributed by atoms with Crippen LogP contribution in [0.1, 0.15) is 63.2 Å². The van der Waals surface area contributed by atoms with Crippen LogP contribution in [0.5, 0.6) is 5.75 Å². The van der Waals surface area contributed by atoms with Gasteiger partial charge in [0.15, 0.2) is 0 Å². The fraction of sp³-hybridized carbons (Fsp3) is 0.444. The molecule has 1 aliphatic heterocycles. The maximum atomic E-state index is 12.1. The van der Waals surface area contributed by atoms with E-state index in [0.717, 1.165) is 50.9 Å². The zero-order valence-corrected chi connectivity index (χ0v) is 23.5. The third kappa shape index (κ3) is 6.45. The maximum absolute atomic E-state index is 12.1. The Balaban J connectivity index is 2.24. The van der Waals surface area contributed by atoms with E-state index in [1.165, 1.54) is 23.9 Å². The Labute approximate surface area is 229 Å². The lowest BCUT2D eigenvalue weighted by atomic mass is 9.73. The minimum atomic E-state index is -3.52. The van der Waals surface area contributed by atoms with Gasteiger partial charge in [-0.25, -0.2) is 4.79 Å². The molecule has 0 spiro atoms. The predicted molar refractivity (Wildman–Crippen MR) is 153 cm³/mol. The van der Waals surface area contributed by atoms with Crippen molar-refractivity contribution in [1.29, 1.82) is 0 Å². The fourth-order valence-corrected chi connectivity index (χ4v) is 8.21. The van der Waals surface area contributed by atoms with Gasteiger partial charge < -0.3 is 15.2 Å². The molecule has 0 fully saturated rings. The molecular weight excluding hydrogens is 528 g/mol.